The summed E-state index contributed by atoms with van der Waals surface area (Å²) in [6, 6.07) is 0. The Labute approximate surface area is 94.7 Å². The van der Waals surface area contributed by atoms with Crippen LogP contribution in [0, 0.1) is 0 Å². The van der Waals surface area contributed by atoms with Gasteiger partial charge in [0.1, 0.15) is 5.50 Å². The number of hydrogen-bond donors (Lipinski definition) is 4. The van der Waals surface area contributed by atoms with Gasteiger partial charge in [-0.05, 0) is 0 Å². The van der Waals surface area contributed by atoms with E-state index in [4.69, 9.17) is 16.6 Å². The molecule has 0 aromatic heterocycles. The summed E-state index contributed by atoms with van der Waals surface area (Å²) < 4.78 is 0. The minimum absolute atomic E-state index is 0.193. The molecule has 1 unspecified atom stereocenters. The smallest absolute Gasteiger partial charge is 0.344 e. The maximum Gasteiger partial charge on any atom is 0.344 e. The number of rotatable bonds is 5. The maximum atomic E-state index is 11.0. The third-order valence-corrected chi connectivity index (χ3v) is 2.25. The van der Waals surface area contributed by atoms with Crippen molar-refractivity contribution in [3.63, 3.8) is 0 Å². The van der Waals surface area contributed by atoms with E-state index in [1.165, 1.54) is 11.8 Å². The molecule has 6 N–H and O–H groups in total. The van der Waals surface area contributed by atoms with Crippen LogP contribution >= 0.6 is 11.8 Å². The number of amides is 1. The number of carbonyl (C=O) groups is 2. The van der Waals surface area contributed by atoms with Crippen LogP contribution in [0.2, 0.25) is 0 Å². The third-order valence-electron chi connectivity index (χ3n) is 1.46. The number of oxime groups is 1. The molecule has 88 valence electrons. The Morgan fingerprint density at radius 1 is 1.69 bits per heavy atom. The van der Waals surface area contributed by atoms with E-state index in [9.17, 15) is 9.59 Å². The number of aliphatic carboxylic acids is 1. The second kappa shape index (κ2) is 5.37. The van der Waals surface area contributed by atoms with E-state index in [0.717, 1.165) is 0 Å². The Kier molecular flexibility index (Phi) is 4.14. The van der Waals surface area contributed by atoms with Gasteiger partial charge >= 0.3 is 5.97 Å². The summed E-state index contributed by atoms with van der Waals surface area (Å²) in [5, 5.41) is 15.9. The minimum atomic E-state index is -1.20. The molecule has 1 aliphatic heterocycles. The number of thioether (sulfide) groups is 1. The molecule has 1 heterocycles. The lowest BCUT2D eigenvalue weighted by molar-refractivity contribution is -0.142. The molecule has 1 atom stereocenters. The van der Waals surface area contributed by atoms with Gasteiger partial charge in [0.05, 0.1) is 5.70 Å². The fraction of sp³-hybridized carbons (Fsp3) is 0.286. The first-order valence-corrected chi connectivity index (χ1v) is 5.04. The topological polar surface area (TPSA) is 140 Å². The predicted octanol–water partition coefficient (Wildman–Crippen LogP) is -1.65. The van der Waals surface area contributed by atoms with Crippen molar-refractivity contribution < 1.29 is 19.5 Å². The molecule has 0 aromatic carbocycles. The SMILES string of the molecule is NC(=O)/C(=N/OCC(=O)O)C1=CSC(N)N1. The molecular formula is C7H10N4O4S. The van der Waals surface area contributed by atoms with Crippen LogP contribution in [-0.2, 0) is 14.4 Å². The van der Waals surface area contributed by atoms with Crippen molar-refractivity contribution in [3.8, 4) is 0 Å². The molecule has 0 saturated heterocycles. The molecule has 1 rings (SSSR count). The van der Waals surface area contributed by atoms with E-state index < -0.39 is 18.5 Å². The molecule has 9 heteroatoms. The van der Waals surface area contributed by atoms with Crippen LogP contribution in [-0.4, -0.2) is 34.8 Å². The maximum absolute atomic E-state index is 11.0. The van der Waals surface area contributed by atoms with E-state index in [2.05, 4.69) is 15.3 Å². The van der Waals surface area contributed by atoms with E-state index in [1.54, 1.807) is 5.41 Å². The van der Waals surface area contributed by atoms with Crippen LogP contribution in [0.4, 0.5) is 0 Å². The first kappa shape index (κ1) is 12.3. The summed E-state index contributed by atoms with van der Waals surface area (Å²) in [6.07, 6.45) is 0. The third kappa shape index (κ3) is 3.44. The van der Waals surface area contributed by atoms with Gasteiger partial charge in [-0.25, -0.2) is 4.79 Å². The van der Waals surface area contributed by atoms with E-state index >= 15 is 0 Å². The van der Waals surface area contributed by atoms with Gasteiger partial charge < -0.3 is 26.7 Å². The number of carboxylic acid groups (broad SMARTS) is 1. The van der Waals surface area contributed by atoms with Crippen molar-refractivity contribution in [2.45, 2.75) is 5.50 Å². The van der Waals surface area contributed by atoms with Gasteiger partial charge in [0.25, 0.3) is 5.91 Å². The fourth-order valence-corrected chi connectivity index (χ4v) is 1.52. The first-order chi connectivity index (χ1) is 7.50. The predicted molar refractivity (Wildman–Crippen MR) is 57.0 cm³/mol. The van der Waals surface area contributed by atoms with Crippen LogP contribution < -0.4 is 16.8 Å². The van der Waals surface area contributed by atoms with Gasteiger partial charge in [-0.3, -0.25) is 4.79 Å². The lowest BCUT2D eigenvalue weighted by atomic mass is 10.3. The summed E-state index contributed by atoms with van der Waals surface area (Å²) >= 11 is 1.23. The molecule has 0 aliphatic carbocycles. The van der Waals surface area contributed by atoms with Crippen molar-refractivity contribution in [2.75, 3.05) is 6.61 Å². The molecule has 16 heavy (non-hydrogen) atoms. The Balaban J connectivity index is 2.68. The zero-order chi connectivity index (χ0) is 12.1. The van der Waals surface area contributed by atoms with Gasteiger partial charge in [-0.15, -0.1) is 0 Å². The summed E-state index contributed by atoms with van der Waals surface area (Å²) in [5.74, 6) is -2.04. The number of nitrogens with one attached hydrogen (secondary N) is 1. The van der Waals surface area contributed by atoms with Gasteiger partial charge in [-0.2, -0.15) is 0 Å². The summed E-state index contributed by atoms with van der Waals surface area (Å²) in [6.45, 7) is -0.650. The van der Waals surface area contributed by atoms with Crippen LogP contribution in [0.5, 0.6) is 0 Å². The van der Waals surface area contributed by atoms with Crippen LogP contribution in [0.1, 0.15) is 0 Å². The Bertz CT molecular complexity index is 367. The lowest BCUT2D eigenvalue weighted by Gasteiger charge is -2.07. The number of nitrogens with two attached hydrogens (primary N) is 2. The molecule has 0 spiro atoms. The normalized spacial score (nSPS) is 19.9. The van der Waals surface area contributed by atoms with Crippen molar-refractivity contribution in [1.82, 2.24) is 5.32 Å². The number of primary amides is 1. The van der Waals surface area contributed by atoms with Gasteiger partial charge in [0.15, 0.2) is 5.71 Å². The Morgan fingerprint density at radius 2 is 2.38 bits per heavy atom. The second-order valence-electron chi connectivity index (χ2n) is 2.70. The lowest BCUT2D eigenvalue weighted by Crippen LogP contribution is -2.36. The highest BCUT2D eigenvalue weighted by molar-refractivity contribution is 8.02. The second-order valence-corrected chi connectivity index (χ2v) is 3.72. The van der Waals surface area contributed by atoms with E-state index in [-0.39, 0.29) is 11.2 Å². The standard InChI is InChI=1S/C7H10N4O4S/c8-6(14)5(11-15-1-4(12)13)3-2-16-7(9)10-3/h2,7,10H,1,9H2,(H2,8,14)(H,12,13)/b11-5+. The van der Waals surface area contributed by atoms with E-state index in [1.807, 2.05) is 0 Å². The quantitative estimate of drug-likeness (QED) is 0.336. The summed E-state index contributed by atoms with van der Waals surface area (Å²) in [4.78, 5) is 25.6. The highest BCUT2D eigenvalue weighted by Gasteiger charge is 2.21. The Hall–Kier alpha value is -1.74. The van der Waals surface area contributed by atoms with Crippen LogP contribution in [0.15, 0.2) is 16.3 Å². The number of nitrogens with zero attached hydrogens (tertiary/aromatic N) is 1. The minimum Gasteiger partial charge on any atom is -0.479 e. The molecule has 1 aliphatic rings. The highest BCUT2D eigenvalue weighted by Crippen LogP contribution is 2.17. The average Bonchev–Trinajstić information content (AvgIpc) is 2.58. The van der Waals surface area contributed by atoms with Crippen molar-refractivity contribution in [3.05, 3.63) is 11.1 Å². The zero-order valence-electron chi connectivity index (χ0n) is 8.04. The molecule has 0 aromatic rings. The number of carboxylic acids is 1. The molecular weight excluding hydrogens is 236 g/mol. The molecule has 0 fully saturated rings. The first-order valence-electron chi connectivity index (χ1n) is 4.10. The zero-order valence-corrected chi connectivity index (χ0v) is 8.86. The van der Waals surface area contributed by atoms with Crippen LogP contribution in [0.25, 0.3) is 0 Å². The number of carbonyl (C=O) groups excluding carboxylic acids is 1. The largest absolute Gasteiger partial charge is 0.479 e. The van der Waals surface area contributed by atoms with E-state index in [0.29, 0.717) is 5.70 Å². The molecule has 0 bridgehead atoms. The fourth-order valence-electron chi connectivity index (χ4n) is 0.866. The van der Waals surface area contributed by atoms with Gasteiger partial charge in [0.2, 0.25) is 6.61 Å². The Morgan fingerprint density at radius 3 is 2.81 bits per heavy atom. The summed E-state index contributed by atoms with van der Waals surface area (Å²) in [7, 11) is 0. The summed E-state index contributed by atoms with van der Waals surface area (Å²) in [5.41, 5.74) is 10.3. The monoisotopic (exact) mass is 246 g/mol. The van der Waals surface area contributed by atoms with Crippen molar-refractivity contribution >= 4 is 29.4 Å². The molecule has 0 radical (unpaired) electrons. The molecule has 0 saturated carbocycles. The van der Waals surface area contributed by atoms with Crippen LogP contribution in [0.3, 0.4) is 0 Å². The van der Waals surface area contributed by atoms with Crippen molar-refractivity contribution in [1.29, 1.82) is 0 Å². The van der Waals surface area contributed by atoms with Gasteiger partial charge in [-0.1, -0.05) is 16.9 Å². The highest BCUT2D eigenvalue weighted by atomic mass is 32.2. The number of hydrogen-bond acceptors (Lipinski definition) is 7. The van der Waals surface area contributed by atoms with Gasteiger partial charge in [0, 0.05) is 5.41 Å². The average molecular weight is 246 g/mol. The molecule has 1 amide bonds. The molecule has 8 nitrogen and oxygen atoms in total. The van der Waals surface area contributed by atoms with Crippen molar-refractivity contribution in [2.24, 2.45) is 16.6 Å².